The summed E-state index contributed by atoms with van der Waals surface area (Å²) < 4.78 is 20.6. The molecule has 0 unspecified atom stereocenters. The predicted molar refractivity (Wildman–Crippen MR) is 166 cm³/mol. The Morgan fingerprint density at radius 2 is 0.977 bits per heavy atom. The van der Waals surface area contributed by atoms with Crippen molar-refractivity contribution < 1.29 is 28.5 Å². The third kappa shape index (κ3) is 6.75. The van der Waals surface area contributed by atoms with Crippen LogP contribution in [0.25, 0.3) is 0 Å². The van der Waals surface area contributed by atoms with Crippen molar-refractivity contribution in [2.45, 2.75) is 63.7 Å². The van der Waals surface area contributed by atoms with E-state index < -0.39 is 12.3 Å². The molecule has 0 atom stereocenters. The summed E-state index contributed by atoms with van der Waals surface area (Å²) in [7, 11) is 1.27. The van der Waals surface area contributed by atoms with Crippen LogP contribution in [0.15, 0.2) is 97.1 Å². The minimum Gasteiger partial charge on any atom is -0.437 e. The van der Waals surface area contributed by atoms with E-state index in [-0.39, 0.29) is 10.8 Å². The van der Waals surface area contributed by atoms with Gasteiger partial charge in [-0.3, -0.25) is 0 Å². The summed E-state index contributed by atoms with van der Waals surface area (Å²) in [5.41, 5.74) is 5.55. The molecule has 1 fully saturated rings. The van der Waals surface area contributed by atoms with Crippen molar-refractivity contribution >= 4 is 12.3 Å². The Morgan fingerprint density at radius 3 is 1.42 bits per heavy atom. The van der Waals surface area contributed by atoms with Gasteiger partial charge in [-0.1, -0.05) is 99.3 Å². The van der Waals surface area contributed by atoms with Gasteiger partial charge in [0.05, 0.1) is 7.11 Å². The maximum absolute atomic E-state index is 12.6. The molecule has 0 aliphatic heterocycles. The molecule has 0 spiro atoms. The van der Waals surface area contributed by atoms with Gasteiger partial charge in [-0.15, -0.1) is 0 Å². The normalized spacial score (nSPS) is 14.4. The number of ether oxygens (including phenoxy) is 4. The van der Waals surface area contributed by atoms with Gasteiger partial charge in [0.15, 0.2) is 0 Å². The zero-order valence-corrected chi connectivity index (χ0v) is 25.2. The highest BCUT2D eigenvalue weighted by Crippen LogP contribution is 2.45. The standard InChI is InChI=1S/C37H38O6/c1-26-8-10-29(11-9-26)37(24-6-5-7-25-37)30-16-22-33(23-17-30)43-35(39)42-32-20-14-28(15-21-32)36(2,3)27-12-18-31(19-13-27)41-34(38)40-4/h8-23H,5-7,24-25H2,1-4H3. The molecule has 4 aromatic rings. The summed E-state index contributed by atoms with van der Waals surface area (Å²) in [6.07, 6.45) is 4.34. The Labute approximate surface area is 253 Å². The van der Waals surface area contributed by atoms with Gasteiger partial charge < -0.3 is 18.9 Å². The second-order valence-corrected chi connectivity index (χ2v) is 11.7. The largest absolute Gasteiger partial charge is 0.519 e. The first kappa shape index (κ1) is 29.9. The fourth-order valence-electron chi connectivity index (χ4n) is 6.01. The average molecular weight is 579 g/mol. The van der Waals surface area contributed by atoms with Crippen molar-refractivity contribution in [3.63, 3.8) is 0 Å². The van der Waals surface area contributed by atoms with Gasteiger partial charge in [0.1, 0.15) is 17.2 Å². The van der Waals surface area contributed by atoms with E-state index >= 15 is 0 Å². The van der Waals surface area contributed by atoms with Crippen LogP contribution >= 0.6 is 0 Å². The second kappa shape index (κ2) is 12.7. The summed E-state index contributed by atoms with van der Waals surface area (Å²) in [6, 6.07) is 31.4. The Bertz CT molecular complexity index is 1530. The van der Waals surface area contributed by atoms with Crippen LogP contribution in [0.1, 0.15) is 73.8 Å². The molecule has 1 aliphatic rings. The van der Waals surface area contributed by atoms with E-state index in [9.17, 15) is 9.59 Å². The van der Waals surface area contributed by atoms with Crippen LogP contribution in [0.3, 0.4) is 0 Å². The Hall–Kier alpha value is -4.58. The first-order valence-electron chi connectivity index (χ1n) is 14.7. The molecule has 0 amide bonds. The predicted octanol–water partition coefficient (Wildman–Crippen LogP) is 9.29. The second-order valence-electron chi connectivity index (χ2n) is 11.7. The lowest BCUT2D eigenvalue weighted by Crippen LogP contribution is -2.30. The molecule has 5 rings (SSSR count). The van der Waals surface area contributed by atoms with Gasteiger partial charge >= 0.3 is 12.3 Å². The zero-order valence-electron chi connectivity index (χ0n) is 25.2. The smallest absolute Gasteiger partial charge is 0.437 e. The lowest BCUT2D eigenvalue weighted by atomic mass is 9.65. The van der Waals surface area contributed by atoms with Crippen molar-refractivity contribution in [2.24, 2.45) is 0 Å². The number of hydrogen-bond donors (Lipinski definition) is 0. The molecule has 43 heavy (non-hydrogen) atoms. The number of carbonyl (C=O) groups is 2. The van der Waals surface area contributed by atoms with E-state index in [4.69, 9.17) is 14.2 Å². The minimum atomic E-state index is -0.785. The van der Waals surface area contributed by atoms with Gasteiger partial charge in [0.2, 0.25) is 0 Å². The fraction of sp³-hybridized carbons (Fsp3) is 0.297. The summed E-state index contributed by atoms with van der Waals surface area (Å²) in [4.78, 5) is 24.0. The lowest BCUT2D eigenvalue weighted by molar-refractivity contribution is 0.121. The third-order valence-corrected chi connectivity index (χ3v) is 8.64. The summed E-state index contributed by atoms with van der Waals surface area (Å²) in [5.74, 6) is 1.24. The van der Waals surface area contributed by atoms with Crippen LogP contribution in [0, 0.1) is 6.92 Å². The number of carbonyl (C=O) groups excluding carboxylic acids is 2. The fourth-order valence-corrected chi connectivity index (χ4v) is 6.01. The van der Waals surface area contributed by atoms with Crippen LogP contribution in [-0.2, 0) is 15.6 Å². The van der Waals surface area contributed by atoms with Crippen molar-refractivity contribution in [2.75, 3.05) is 7.11 Å². The summed E-state index contributed by atoms with van der Waals surface area (Å²) in [5, 5.41) is 0. The third-order valence-electron chi connectivity index (χ3n) is 8.64. The molecule has 0 radical (unpaired) electrons. The van der Waals surface area contributed by atoms with Crippen molar-refractivity contribution in [1.82, 2.24) is 0 Å². The van der Waals surface area contributed by atoms with E-state index in [1.807, 2.05) is 36.4 Å². The van der Waals surface area contributed by atoms with E-state index in [1.165, 1.54) is 43.1 Å². The number of aryl methyl sites for hydroxylation is 1. The molecule has 1 aliphatic carbocycles. The topological polar surface area (TPSA) is 71.1 Å². The molecule has 4 aromatic carbocycles. The maximum atomic E-state index is 12.6. The first-order chi connectivity index (χ1) is 20.7. The molecular formula is C37H38O6. The molecule has 0 heterocycles. The molecule has 222 valence electrons. The number of hydrogen-bond acceptors (Lipinski definition) is 6. The first-order valence-corrected chi connectivity index (χ1v) is 14.7. The molecule has 0 N–H and O–H groups in total. The van der Waals surface area contributed by atoms with E-state index in [1.54, 1.807) is 24.3 Å². The Kier molecular flexibility index (Phi) is 8.86. The number of rotatable bonds is 7. The highest BCUT2D eigenvalue weighted by atomic mass is 16.7. The summed E-state index contributed by atoms with van der Waals surface area (Å²) >= 11 is 0. The molecule has 0 saturated heterocycles. The molecule has 1 saturated carbocycles. The average Bonchev–Trinajstić information content (AvgIpc) is 3.02. The van der Waals surface area contributed by atoms with Gasteiger partial charge in [-0.05, 0) is 78.4 Å². The van der Waals surface area contributed by atoms with Crippen LogP contribution < -0.4 is 14.2 Å². The number of benzene rings is 4. The van der Waals surface area contributed by atoms with Crippen molar-refractivity contribution in [3.05, 3.63) is 125 Å². The van der Waals surface area contributed by atoms with Crippen molar-refractivity contribution in [1.29, 1.82) is 0 Å². The van der Waals surface area contributed by atoms with Gasteiger partial charge in [-0.2, -0.15) is 0 Å². The lowest BCUT2D eigenvalue weighted by Gasteiger charge is -2.38. The quantitative estimate of drug-likeness (QED) is 0.161. The summed E-state index contributed by atoms with van der Waals surface area (Å²) in [6.45, 7) is 6.30. The Balaban J connectivity index is 1.22. The van der Waals surface area contributed by atoms with Crippen LogP contribution in [0.5, 0.6) is 17.2 Å². The highest BCUT2D eigenvalue weighted by Gasteiger charge is 2.35. The van der Waals surface area contributed by atoms with Crippen molar-refractivity contribution in [3.8, 4) is 17.2 Å². The van der Waals surface area contributed by atoms with E-state index in [2.05, 4.69) is 61.9 Å². The van der Waals surface area contributed by atoms with E-state index in [0.29, 0.717) is 17.2 Å². The monoisotopic (exact) mass is 578 g/mol. The van der Waals surface area contributed by atoms with Gasteiger partial charge in [0, 0.05) is 10.8 Å². The van der Waals surface area contributed by atoms with E-state index in [0.717, 1.165) is 24.0 Å². The van der Waals surface area contributed by atoms with Gasteiger partial charge in [0.25, 0.3) is 0 Å². The van der Waals surface area contributed by atoms with Crippen LogP contribution in [0.4, 0.5) is 9.59 Å². The van der Waals surface area contributed by atoms with Crippen LogP contribution in [-0.4, -0.2) is 19.4 Å². The highest BCUT2D eigenvalue weighted by molar-refractivity contribution is 5.67. The molecule has 0 bridgehead atoms. The van der Waals surface area contributed by atoms with Gasteiger partial charge in [-0.25, -0.2) is 9.59 Å². The molecular weight excluding hydrogens is 540 g/mol. The molecule has 6 nitrogen and oxygen atoms in total. The SMILES string of the molecule is COC(=O)Oc1ccc(C(C)(C)c2ccc(OC(=O)Oc3ccc(C4(c5ccc(C)cc5)CCCCC4)cc3)cc2)cc1. The minimum absolute atomic E-state index is 0.0145. The molecule has 0 aromatic heterocycles. The molecule has 6 heteroatoms. The maximum Gasteiger partial charge on any atom is 0.519 e. The number of methoxy groups -OCH3 is 1. The van der Waals surface area contributed by atoms with Crippen LogP contribution in [0.2, 0.25) is 0 Å². The Morgan fingerprint density at radius 1 is 0.581 bits per heavy atom. The zero-order chi connectivity index (χ0) is 30.5.